The molecule has 2 amide bonds. The van der Waals surface area contributed by atoms with Gasteiger partial charge in [0, 0.05) is 18.5 Å². The molecule has 45 heavy (non-hydrogen) atoms. The molecule has 0 aliphatic carbocycles. The first-order valence-corrected chi connectivity index (χ1v) is 16.5. The number of hydrogen-bond acceptors (Lipinski definition) is 4. The molecule has 0 aromatic heterocycles. The lowest BCUT2D eigenvalue weighted by molar-refractivity contribution is -0.140. The van der Waals surface area contributed by atoms with Crippen molar-refractivity contribution < 1.29 is 18.0 Å². The van der Waals surface area contributed by atoms with Crippen LogP contribution in [0.5, 0.6) is 0 Å². The van der Waals surface area contributed by atoms with Gasteiger partial charge in [-0.05, 0) is 76.4 Å². The number of nitrogens with one attached hydrogen (secondary N) is 1. The highest BCUT2D eigenvalue weighted by Gasteiger charge is 2.36. The van der Waals surface area contributed by atoms with Crippen LogP contribution in [0, 0.1) is 20.8 Å². The van der Waals surface area contributed by atoms with Crippen molar-refractivity contribution in [1.29, 1.82) is 0 Å². The van der Waals surface area contributed by atoms with E-state index in [1.807, 2.05) is 108 Å². The molecule has 236 valence electrons. The molecule has 0 aliphatic rings. The number of carbonyl (C=O) groups excluding carboxylic acids is 2. The van der Waals surface area contributed by atoms with Gasteiger partial charge in [-0.1, -0.05) is 96.1 Å². The molecule has 8 heteroatoms. The van der Waals surface area contributed by atoms with Crippen molar-refractivity contribution >= 4 is 27.5 Å². The fourth-order valence-corrected chi connectivity index (χ4v) is 6.72. The van der Waals surface area contributed by atoms with Gasteiger partial charge in [-0.2, -0.15) is 0 Å². The van der Waals surface area contributed by atoms with Crippen LogP contribution in [0.2, 0.25) is 0 Å². The minimum absolute atomic E-state index is 0.0779. The van der Waals surface area contributed by atoms with E-state index >= 15 is 0 Å². The SMILES string of the molecule is Cc1ccc(CN(C(=O)CN(c2ccc(C)cc2C)S(=O)(=O)c2ccccc2)C(Cc2ccccc2)C(=O)NC(C)(C)C)cc1. The molecule has 0 aliphatic heterocycles. The lowest BCUT2D eigenvalue weighted by Gasteiger charge is -2.35. The van der Waals surface area contributed by atoms with Crippen LogP contribution < -0.4 is 9.62 Å². The van der Waals surface area contributed by atoms with Crippen molar-refractivity contribution in [3.05, 3.63) is 131 Å². The summed E-state index contributed by atoms with van der Waals surface area (Å²) in [5.74, 6) is -0.796. The van der Waals surface area contributed by atoms with Crippen molar-refractivity contribution in [1.82, 2.24) is 10.2 Å². The Bertz CT molecular complexity index is 1720. The summed E-state index contributed by atoms with van der Waals surface area (Å²) < 4.78 is 29.5. The Balaban J connectivity index is 1.83. The smallest absolute Gasteiger partial charge is 0.264 e. The molecule has 1 atom stereocenters. The van der Waals surface area contributed by atoms with E-state index in [4.69, 9.17) is 0 Å². The van der Waals surface area contributed by atoms with Crippen molar-refractivity contribution in [2.45, 2.75) is 71.0 Å². The molecule has 0 saturated carbocycles. The Morgan fingerprint density at radius 2 is 1.33 bits per heavy atom. The van der Waals surface area contributed by atoms with E-state index in [9.17, 15) is 18.0 Å². The lowest BCUT2D eigenvalue weighted by Crippen LogP contribution is -2.56. The third-order valence-corrected chi connectivity index (χ3v) is 9.25. The van der Waals surface area contributed by atoms with E-state index in [1.165, 1.54) is 21.3 Å². The van der Waals surface area contributed by atoms with Gasteiger partial charge in [-0.3, -0.25) is 13.9 Å². The normalized spacial score (nSPS) is 12.3. The third kappa shape index (κ3) is 8.82. The van der Waals surface area contributed by atoms with Gasteiger partial charge in [0.2, 0.25) is 11.8 Å². The summed E-state index contributed by atoms with van der Waals surface area (Å²) in [7, 11) is -4.14. The summed E-state index contributed by atoms with van der Waals surface area (Å²) in [6, 6.07) is 30.0. The molecule has 4 aromatic rings. The Hall–Kier alpha value is -4.43. The minimum Gasteiger partial charge on any atom is -0.350 e. The van der Waals surface area contributed by atoms with E-state index in [2.05, 4.69) is 5.32 Å². The van der Waals surface area contributed by atoms with Gasteiger partial charge in [0.05, 0.1) is 10.6 Å². The number of amides is 2. The largest absolute Gasteiger partial charge is 0.350 e. The first kappa shape index (κ1) is 33.5. The van der Waals surface area contributed by atoms with Gasteiger partial charge < -0.3 is 10.2 Å². The first-order valence-electron chi connectivity index (χ1n) is 15.1. The number of carbonyl (C=O) groups is 2. The van der Waals surface area contributed by atoms with Gasteiger partial charge in [-0.25, -0.2) is 8.42 Å². The van der Waals surface area contributed by atoms with Crippen LogP contribution in [0.4, 0.5) is 5.69 Å². The summed E-state index contributed by atoms with van der Waals surface area (Å²) in [4.78, 5) is 30.2. The fraction of sp³-hybridized carbons (Fsp3) is 0.297. The zero-order chi connectivity index (χ0) is 32.8. The van der Waals surface area contributed by atoms with Gasteiger partial charge in [0.25, 0.3) is 10.0 Å². The summed E-state index contributed by atoms with van der Waals surface area (Å²) >= 11 is 0. The standard InChI is InChI=1S/C37H43N3O4S/c1-27-17-20-31(21-18-27)25-39(34(36(42)38-37(4,5)6)24-30-13-9-7-10-14-30)35(41)26-40(33-22-19-28(2)23-29(33)3)45(43,44)32-15-11-8-12-16-32/h7-23,34H,24-26H2,1-6H3,(H,38,42). The molecule has 4 rings (SSSR count). The molecule has 0 fully saturated rings. The fourth-order valence-electron chi connectivity index (χ4n) is 5.22. The maximum atomic E-state index is 14.6. The van der Waals surface area contributed by atoms with Crippen LogP contribution in [-0.4, -0.2) is 43.3 Å². The number of sulfonamides is 1. The van der Waals surface area contributed by atoms with Crippen molar-refractivity contribution in [2.75, 3.05) is 10.8 Å². The molecule has 1 N–H and O–H groups in total. The minimum atomic E-state index is -4.14. The summed E-state index contributed by atoms with van der Waals surface area (Å²) in [6.45, 7) is 11.1. The molecule has 1 unspecified atom stereocenters. The van der Waals surface area contributed by atoms with E-state index in [1.54, 1.807) is 24.3 Å². The number of anilines is 1. The number of benzene rings is 4. The molecular weight excluding hydrogens is 582 g/mol. The van der Waals surface area contributed by atoms with Crippen LogP contribution in [0.25, 0.3) is 0 Å². The predicted molar refractivity (Wildman–Crippen MR) is 180 cm³/mol. The Kier molecular flexibility index (Phi) is 10.5. The van der Waals surface area contributed by atoms with Gasteiger partial charge in [0.15, 0.2) is 0 Å². The Morgan fingerprint density at radius 1 is 0.756 bits per heavy atom. The number of hydrogen-bond donors (Lipinski definition) is 1. The van der Waals surface area contributed by atoms with Crippen LogP contribution in [-0.2, 0) is 32.6 Å². The van der Waals surface area contributed by atoms with Gasteiger partial charge in [-0.15, -0.1) is 0 Å². The van der Waals surface area contributed by atoms with Crippen LogP contribution in [0.3, 0.4) is 0 Å². The van der Waals surface area contributed by atoms with E-state index in [0.717, 1.165) is 27.8 Å². The average molecular weight is 626 g/mol. The van der Waals surface area contributed by atoms with Crippen molar-refractivity contribution in [2.24, 2.45) is 0 Å². The quantitative estimate of drug-likeness (QED) is 0.210. The molecular formula is C37H43N3O4S. The monoisotopic (exact) mass is 625 g/mol. The molecule has 4 aromatic carbocycles. The number of rotatable bonds is 11. The first-order chi connectivity index (χ1) is 21.2. The second-order valence-corrected chi connectivity index (χ2v) is 14.4. The predicted octanol–water partition coefficient (Wildman–Crippen LogP) is 6.36. The Labute approximate surface area is 268 Å². The maximum absolute atomic E-state index is 14.6. The second kappa shape index (κ2) is 14.1. The zero-order valence-corrected chi connectivity index (χ0v) is 27.8. The molecule has 0 heterocycles. The number of aryl methyl sites for hydroxylation is 3. The third-order valence-electron chi connectivity index (χ3n) is 7.47. The highest BCUT2D eigenvalue weighted by atomic mass is 32.2. The average Bonchev–Trinajstić information content (AvgIpc) is 2.99. The molecule has 0 radical (unpaired) electrons. The zero-order valence-electron chi connectivity index (χ0n) is 26.9. The molecule has 7 nitrogen and oxygen atoms in total. The van der Waals surface area contributed by atoms with E-state index in [0.29, 0.717) is 5.69 Å². The Morgan fingerprint density at radius 3 is 1.91 bits per heavy atom. The van der Waals surface area contributed by atoms with Crippen LogP contribution in [0.15, 0.2) is 108 Å². The molecule has 0 bridgehead atoms. The maximum Gasteiger partial charge on any atom is 0.264 e. The summed E-state index contributed by atoms with van der Waals surface area (Å²) in [5, 5.41) is 3.06. The van der Waals surface area contributed by atoms with E-state index in [-0.39, 0.29) is 23.8 Å². The van der Waals surface area contributed by atoms with Crippen molar-refractivity contribution in [3.63, 3.8) is 0 Å². The summed E-state index contributed by atoms with van der Waals surface area (Å²) in [5.41, 5.74) is 4.34. The van der Waals surface area contributed by atoms with E-state index < -0.39 is 34.1 Å². The highest BCUT2D eigenvalue weighted by Crippen LogP contribution is 2.28. The van der Waals surface area contributed by atoms with Gasteiger partial charge >= 0.3 is 0 Å². The number of nitrogens with zero attached hydrogens (tertiary/aromatic N) is 2. The topological polar surface area (TPSA) is 86.8 Å². The van der Waals surface area contributed by atoms with Gasteiger partial charge in [0.1, 0.15) is 12.6 Å². The summed E-state index contributed by atoms with van der Waals surface area (Å²) in [6.07, 6.45) is 0.259. The lowest BCUT2D eigenvalue weighted by atomic mass is 10.0. The van der Waals surface area contributed by atoms with Crippen LogP contribution in [0.1, 0.15) is 48.6 Å². The van der Waals surface area contributed by atoms with Crippen molar-refractivity contribution in [3.8, 4) is 0 Å². The molecule has 0 spiro atoms. The molecule has 0 saturated heterocycles. The second-order valence-electron chi connectivity index (χ2n) is 12.6. The van der Waals surface area contributed by atoms with Crippen LogP contribution >= 0.6 is 0 Å². The highest BCUT2D eigenvalue weighted by molar-refractivity contribution is 7.92.